The number of hydrogen-bond acceptors (Lipinski definition) is 3. The van der Waals surface area contributed by atoms with Crippen LogP contribution in [0.2, 0.25) is 0 Å². The van der Waals surface area contributed by atoms with E-state index in [1.54, 1.807) is 0 Å². The van der Waals surface area contributed by atoms with Gasteiger partial charge in [-0.2, -0.15) is 8.42 Å². The average molecular weight is 312 g/mol. The number of unbranched alkanes of at least 4 members (excludes halogenated alkanes) is 7. The van der Waals surface area contributed by atoms with Crippen molar-refractivity contribution in [3.8, 4) is 0 Å². The maximum absolute atomic E-state index is 11.8. The second-order valence-electron chi connectivity index (χ2n) is 5.48. The van der Waals surface area contributed by atoms with Crippen molar-refractivity contribution in [1.82, 2.24) is 0 Å². The van der Waals surface area contributed by atoms with Crippen LogP contribution in [0, 0.1) is 0 Å². The summed E-state index contributed by atoms with van der Waals surface area (Å²) in [6.45, 7) is 2.35. The van der Waals surface area contributed by atoms with Crippen LogP contribution in [0.15, 0.2) is 30.3 Å². The van der Waals surface area contributed by atoms with Crippen molar-refractivity contribution in [3.63, 3.8) is 0 Å². The molecule has 0 N–H and O–H groups in total. The molecule has 120 valence electrons. The highest BCUT2D eigenvalue weighted by Gasteiger charge is 2.10. The molecule has 21 heavy (non-hydrogen) atoms. The molecule has 0 saturated carbocycles. The molecule has 1 rings (SSSR count). The molecule has 0 aromatic heterocycles. The third-order valence-corrected chi connectivity index (χ3v) is 4.76. The minimum atomic E-state index is -3.38. The van der Waals surface area contributed by atoms with Crippen LogP contribution in [0.3, 0.4) is 0 Å². The molecule has 0 aliphatic heterocycles. The molecule has 0 fully saturated rings. The molecule has 0 saturated heterocycles. The molecule has 0 aliphatic rings. The molecule has 0 heterocycles. The van der Waals surface area contributed by atoms with E-state index in [1.165, 1.54) is 32.1 Å². The Hall–Kier alpha value is -0.870. The van der Waals surface area contributed by atoms with Crippen molar-refractivity contribution in [2.45, 2.75) is 64.9 Å². The molecular weight excluding hydrogens is 284 g/mol. The topological polar surface area (TPSA) is 43.4 Å². The molecule has 0 atom stereocenters. The van der Waals surface area contributed by atoms with Gasteiger partial charge >= 0.3 is 0 Å². The van der Waals surface area contributed by atoms with Gasteiger partial charge in [0.25, 0.3) is 10.1 Å². The highest BCUT2D eigenvalue weighted by Crippen LogP contribution is 2.10. The van der Waals surface area contributed by atoms with Gasteiger partial charge in [-0.05, 0) is 12.0 Å². The summed E-state index contributed by atoms with van der Waals surface area (Å²) in [5.41, 5.74) is 0.886. The molecule has 0 radical (unpaired) electrons. The van der Waals surface area contributed by atoms with E-state index in [2.05, 4.69) is 6.92 Å². The largest absolute Gasteiger partial charge is 0.267 e. The normalized spacial score (nSPS) is 11.7. The zero-order chi connectivity index (χ0) is 15.4. The lowest BCUT2D eigenvalue weighted by atomic mass is 10.1. The third-order valence-electron chi connectivity index (χ3n) is 3.50. The molecular formula is C17H28O3S. The number of benzene rings is 1. The lowest BCUT2D eigenvalue weighted by molar-refractivity contribution is 0.307. The quantitative estimate of drug-likeness (QED) is 0.416. The summed E-state index contributed by atoms with van der Waals surface area (Å²) >= 11 is 0. The molecule has 0 aliphatic carbocycles. The monoisotopic (exact) mass is 312 g/mol. The first-order chi connectivity index (χ1) is 10.1. The summed E-state index contributed by atoms with van der Waals surface area (Å²) in [6.07, 6.45) is 9.15. The van der Waals surface area contributed by atoms with Crippen molar-refractivity contribution in [1.29, 1.82) is 0 Å². The Bertz CT molecular complexity index is 454. The van der Waals surface area contributed by atoms with Gasteiger partial charge in [-0.25, -0.2) is 0 Å². The highest BCUT2D eigenvalue weighted by atomic mass is 32.2. The van der Waals surface area contributed by atoms with Crippen molar-refractivity contribution in [2.24, 2.45) is 0 Å². The number of rotatable bonds is 12. The first-order valence-electron chi connectivity index (χ1n) is 8.05. The molecule has 1 aromatic carbocycles. The van der Waals surface area contributed by atoms with E-state index in [9.17, 15) is 8.42 Å². The Morgan fingerprint density at radius 3 is 2.05 bits per heavy atom. The van der Waals surface area contributed by atoms with E-state index in [0.29, 0.717) is 6.42 Å². The average Bonchev–Trinajstić information content (AvgIpc) is 2.49. The van der Waals surface area contributed by atoms with E-state index in [4.69, 9.17) is 4.18 Å². The van der Waals surface area contributed by atoms with Gasteiger partial charge in [0.05, 0.1) is 12.4 Å². The van der Waals surface area contributed by atoms with Gasteiger partial charge < -0.3 is 0 Å². The highest BCUT2D eigenvalue weighted by molar-refractivity contribution is 7.86. The van der Waals surface area contributed by atoms with E-state index in [0.717, 1.165) is 18.4 Å². The summed E-state index contributed by atoms with van der Waals surface area (Å²) in [6, 6.07) is 9.39. The smallest absolute Gasteiger partial charge is 0.265 e. The first-order valence-corrected chi connectivity index (χ1v) is 9.63. The van der Waals surface area contributed by atoms with Crippen molar-refractivity contribution in [3.05, 3.63) is 35.9 Å². The van der Waals surface area contributed by atoms with Gasteiger partial charge in [-0.3, -0.25) is 4.18 Å². The van der Waals surface area contributed by atoms with Crippen molar-refractivity contribution >= 4 is 10.1 Å². The van der Waals surface area contributed by atoms with Crippen LogP contribution in [-0.2, 0) is 20.9 Å². The summed E-state index contributed by atoms with van der Waals surface area (Å²) < 4.78 is 28.6. The minimum absolute atomic E-state index is 0.134. The summed E-state index contributed by atoms with van der Waals surface area (Å²) in [5, 5.41) is 0. The van der Waals surface area contributed by atoms with E-state index in [1.807, 2.05) is 30.3 Å². The Morgan fingerprint density at radius 1 is 0.857 bits per heavy atom. The summed E-state index contributed by atoms with van der Waals surface area (Å²) in [7, 11) is -3.38. The molecule has 0 amide bonds. The molecule has 3 nitrogen and oxygen atoms in total. The third kappa shape index (κ3) is 9.64. The fourth-order valence-electron chi connectivity index (χ4n) is 2.20. The van der Waals surface area contributed by atoms with Crippen LogP contribution in [0.1, 0.15) is 63.9 Å². The lowest BCUT2D eigenvalue weighted by Gasteiger charge is -2.06. The summed E-state index contributed by atoms with van der Waals surface area (Å²) in [5.74, 6) is 0.134. The number of hydrogen-bond donors (Lipinski definition) is 0. The second kappa shape index (κ2) is 10.8. The molecule has 0 unspecified atom stereocenters. The van der Waals surface area contributed by atoms with Crippen molar-refractivity contribution < 1.29 is 12.6 Å². The lowest BCUT2D eigenvalue weighted by Crippen LogP contribution is -2.10. The minimum Gasteiger partial charge on any atom is -0.265 e. The maximum atomic E-state index is 11.8. The van der Waals surface area contributed by atoms with Crippen molar-refractivity contribution in [2.75, 3.05) is 5.75 Å². The zero-order valence-electron chi connectivity index (χ0n) is 13.1. The van der Waals surface area contributed by atoms with Crippen LogP contribution in [0.5, 0.6) is 0 Å². The van der Waals surface area contributed by atoms with Crippen LogP contribution in [0.25, 0.3) is 0 Å². The Morgan fingerprint density at radius 2 is 1.43 bits per heavy atom. The van der Waals surface area contributed by atoms with Gasteiger partial charge in [0, 0.05) is 0 Å². The van der Waals surface area contributed by atoms with Gasteiger partial charge in [-0.15, -0.1) is 0 Å². The fraction of sp³-hybridized carbons (Fsp3) is 0.647. The Balaban J connectivity index is 2.07. The second-order valence-corrected chi connectivity index (χ2v) is 7.24. The van der Waals surface area contributed by atoms with Crippen LogP contribution in [-0.4, -0.2) is 14.2 Å². The zero-order valence-corrected chi connectivity index (χ0v) is 13.9. The predicted octanol–water partition coefficient (Wildman–Crippen LogP) is 4.67. The molecule has 0 spiro atoms. The SMILES string of the molecule is CCCCCCCCCCS(=O)(=O)OCc1ccccc1. The van der Waals surface area contributed by atoms with Crippen LogP contribution in [0.4, 0.5) is 0 Å². The molecule has 4 heteroatoms. The summed E-state index contributed by atoms with van der Waals surface area (Å²) in [4.78, 5) is 0. The van der Waals surface area contributed by atoms with Gasteiger partial charge in [0.2, 0.25) is 0 Å². The predicted molar refractivity (Wildman–Crippen MR) is 87.6 cm³/mol. The standard InChI is InChI=1S/C17H28O3S/c1-2-3-4-5-6-7-8-12-15-21(18,19)20-16-17-13-10-9-11-14-17/h9-11,13-14H,2-8,12,15-16H2,1H3. The molecule has 1 aromatic rings. The van der Waals surface area contributed by atoms with Crippen LogP contribution >= 0.6 is 0 Å². The Labute approximate surface area is 129 Å². The van der Waals surface area contributed by atoms with Gasteiger partial charge in [-0.1, -0.05) is 82.2 Å². The van der Waals surface area contributed by atoms with E-state index >= 15 is 0 Å². The van der Waals surface area contributed by atoms with Gasteiger partial charge in [0.1, 0.15) is 0 Å². The first kappa shape index (κ1) is 18.2. The van der Waals surface area contributed by atoms with E-state index < -0.39 is 10.1 Å². The maximum Gasteiger partial charge on any atom is 0.267 e. The fourth-order valence-corrected chi connectivity index (χ4v) is 3.19. The van der Waals surface area contributed by atoms with E-state index in [-0.39, 0.29) is 12.4 Å². The van der Waals surface area contributed by atoms with Gasteiger partial charge in [0.15, 0.2) is 0 Å². The molecule has 0 bridgehead atoms. The van der Waals surface area contributed by atoms with Crippen LogP contribution < -0.4 is 0 Å². The Kier molecular flexibility index (Phi) is 9.35.